The molecule has 4 aliphatic rings. The molecule has 6 heterocycles. The fraction of sp³-hybridized carbons (Fsp3) is 0.619. The summed E-state index contributed by atoms with van der Waals surface area (Å²) in [6, 6.07) is 2.69. The molecule has 0 aromatic carbocycles. The van der Waals surface area contributed by atoms with E-state index in [0.29, 0.717) is 17.7 Å². The van der Waals surface area contributed by atoms with Gasteiger partial charge >= 0.3 is 0 Å². The zero-order chi connectivity index (χ0) is 18.4. The van der Waals surface area contributed by atoms with E-state index in [4.69, 9.17) is 0 Å². The Hall–Kier alpha value is -1.66. The van der Waals surface area contributed by atoms with Gasteiger partial charge in [0.05, 0.1) is 10.4 Å². The number of hydrogen-bond acceptors (Lipinski definition) is 5. The van der Waals surface area contributed by atoms with Crippen LogP contribution in [0, 0.1) is 5.92 Å². The number of fused-ring (bicyclic) bond motifs is 4. The van der Waals surface area contributed by atoms with Crippen LogP contribution in [0.4, 0.5) is 5.69 Å². The lowest BCUT2D eigenvalue weighted by atomic mass is 9.79. The summed E-state index contributed by atoms with van der Waals surface area (Å²) in [7, 11) is 0. The Morgan fingerprint density at radius 3 is 2.70 bits per heavy atom. The van der Waals surface area contributed by atoms with E-state index in [1.165, 1.54) is 61.0 Å². The highest BCUT2D eigenvalue weighted by Gasteiger charge is 2.40. The number of carbonyl (C=O) groups is 1. The molecule has 27 heavy (non-hydrogen) atoms. The van der Waals surface area contributed by atoms with Gasteiger partial charge in [0, 0.05) is 42.1 Å². The van der Waals surface area contributed by atoms with Crippen LogP contribution in [0.25, 0.3) is 10.1 Å². The maximum atomic E-state index is 13.0. The van der Waals surface area contributed by atoms with Crippen LogP contribution < -0.4 is 10.2 Å². The van der Waals surface area contributed by atoms with Crippen molar-refractivity contribution in [3.05, 3.63) is 23.3 Å². The summed E-state index contributed by atoms with van der Waals surface area (Å²) in [6.45, 7) is 6.84. The first-order chi connectivity index (χ1) is 13.2. The second-order valence-electron chi connectivity index (χ2n) is 8.35. The Morgan fingerprint density at radius 1 is 1.19 bits per heavy atom. The molecular formula is C21H28N4OS. The molecule has 0 spiro atoms. The van der Waals surface area contributed by atoms with E-state index in [0.717, 1.165) is 13.1 Å². The zero-order valence-electron chi connectivity index (χ0n) is 16.0. The van der Waals surface area contributed by atoms with Gasteiger partial charge in [-0.05, 0) is 64.1 Å². The van der Waals surface area contributed by atoms with E-state index in [2.05, 4.69) is 32.4 Å². The Kier molecular flexibility index (Phi) is 4.56. The van der Waals surface area contributed by atoms with Crippen molar-refractivity contribution in [2.45, 2.75) is 51.1 Å². The van der Waals surface area contributed by atoms with Crippen LogP contribution in [0.15, 0.2) is 17.6 Å². The summed E-state index contributed by atoms with van der Waals surface area (Å²) in [4.78, 5) is 22.5. The predicted molar refractivity (Wildman–Crippen MR) is 111 cm³/mol. The molecule has 2 aromatic heterocycles. The lowest BCUT2D eigenvalue weighted by Gasteiger charge is -2.49. The lowest BCUT2D eigenvalue weighted by Crippen LogP contribution is -2.62. The van der Waals surface area contributed by atoms with Gasteiger partial charge in [-0.15, -0.1) is 11.3 Å². The van der Waals surface area contributed by atoms with Crippen LogP contribution in [0.1, 0.15) is 49.5 Å². The number of carbonyl (C=O) groups excluding carboxylic acids is 1. The van der Waals surface area contributed by atoms with Gasteiger partial charge in [-0.2, -0.15) is 0 Å². The van der Waals surface area contributed by atoms with Crippen LogP contribution in [0.2, 0.25) is 0 Å². The van der Waals surface area contributed by atoms with Gasteiger partial charge < -0.3 is 10.2 Å². The first-order valence-corrected chi connectivity index (χ1v) is 11.3. The second kappa shape index (κ2) is 7.06. The number of amides is 1. The molecule has 4 saturated heterocycles. The monoisotopic (exact) mass is 384 g/mol. The Morgan fingerprint density at radius 2 is 1.96 bits per heavy atom. The van der Waals surface area contributed by atoms with Gasteiger partial charge in [0.15, 0.2) is 0 Å². The van der Waals surface area contributed by atoms with E-state index >= 15 is 0 Å². The first kappa shape index (κ1) is 17.4. The zero-order valence-corrected chi connectivity index (χ0v) is 16.8. The summed E-state index contributed by atoms with van der Waals surface area (Å²) in [5.41, 5.74) is 1.84. The summed E-state index contributed by atoms with van der Waals surface area (Å²) >= 11 is 1.73. The fourth-order valence-electron chi connectivity index (χ4n) is 5.19. The summed E-state index contributed by atoms with van der Waals surface area (Å²) < 4.78 is 1.17. The molecule has 0 aliphatic carbocycles. The van der Waals surface area contributed by atoms with Gasteiger partial charge in [-0.3, -0.25) is 9.69 Å². The number of hydrogen-bond donors (Lipinski definition) is 1. The highest BCUT2D eigenvalue weighted by atomic mass is 32.1. The van der Waals surface area contributed by atoms with Crippen molar-refractivity contribution in [1.29, 1.82) is 0 Å². The van der Waals surface area contributed by atoms with E-state index in [1.54, 1.807) is 11.3 Å². The molecule has 2 aromatic rings. The van der Waals surface area contributed by atoms with Crippen molar-refractivity contribution in [1.82, 2.24) is 15.2 Å². The third-order valence-corrected chi connectivity index (χ3v) is 7.77. The Labute approximate surface area is 164 Å². The van der Waals surface area contributed by atoms with Gasteiger partial charge in [-0.25, -0.2) is 4.98 Å². The highest BCUT2D eigenvalue weighted by molar-refractivity contribution is 7.17. The number of piperidine rings is 4. The number of nitrogens with zero attached hydrogens (tertiary/aromatic N) is 3. The first-order valence-electron chi connectivity index (χ1n) is 10.4. The largest absolute Gasteiger partial charge is 0.370 e. The molecular weight excluding hydrogens is 356 g/mol. The summed E-state index contributed by atoms with van der Waals surface area (Å²) in [5, 5.41) is 6.73. The van der Waals surface area contributed by atoms with Gasteiger partial charge in [-0.1, -0.05) is 0 Å². The molecule has 6 heteroatoms. The van der Waals surface area contributed by atoms with Crippen molar-refractivity contribution in [3.63, 3.8) is 0 Å². The van der Waals surface area contributed by atoms with Crippen LogP contribution in [0.3, 0.4) is 0 Å². The molecule has 1 N–H and O–H groups in total. The number of rotatable bonds is 3. The van der Waals surface area contributed by atoms with E-state index in [1.807, 2.05) is 12.3 Å². The normalized spacial score (nSPS) is 30.6. The number of anilines is 1. The molecule has 0 radical (unpaired) electrons. The van der Waals surface area contributed by atoms with E-state index in [9.17, 15) is 4.79 Å². The smallest absolute Gasteiger partial charge is 0.270 e. The number of aromatic nitrogens is 1. The van der Waals surface area contributed by atoms with Crippen molar-refractivity contribution in [3.8, 4) is 0 Å². The van der Waals surface area contributed by atoms with Crippen LogP contribution >= 0.6 is 11.3 Å². The number of thiophene rings is 1. The van der Waals surface area contributed by atoms with E-state index in [-0.39, 0.29) is 11.9 Å². The minimum atomic E-state index is -0.0155. The molecule has 6 rings (SSSR count). The SMILES string of the molecule is C[C@H]1[C@H](NC(=O)c2cc3c(N4CCCCC4)csc3cn2)C2CCN1CC2. The molecule has 5 nitrogen and oxygen atoms in total. The van der Waals surface area contributed by atoms with Gasteiger partial charge in [0.2, 0.25) is 0 Å². The van der Waals surface area contributed by atoms with E-state index < -0.39 is 0 Å². The molecule has 4 fully saturated rings. The predicted octanol–water partition coefficient (Wildman–Crippen LogP) is 3.50. The lowest BCUT2D eigenvalue weighted by molar-refractivity contribution is 0.0216. The van der Waals surface area contributed by atoms with Crippen molar-refractivity contribution in [2.24, 2.45) is 5.92 Å². The second-order valence-corrected chi connectivity index (χ2v) is 9.26. The Balaban J connectivity index is 1.38. The van der Waals surface area contributed by atoms with Crippen LogP contribution in [0.5, 0.6) is 0 Å². The molecule has 0 unspecified atom stereocenters. The standard InChI is InChI=1S/C21H28N4OS/c1-14-20(15-5-9-24(14)10-6-15)23-21(26)17-11-16-18(13-27-19(16)12-22-17)25-7-3-2-4-8-25/h11-15,20H,2-10H2,1H3,(H,23,26)/t14-,20-/m0/s1. The summed E-state index contributed by atoms with van der Waals surface area (Å²) in [5.74, 6) is 0.598. The molecule has 4 aliphatic heterocycles. The molecule has 144 valence electrons. The van der Waals surface area contributed by atoms with Crippen molar-refractivity contribution in [2.75, 3.05) is 31.1 Å². The highest BCUT2D eigenvalue weighted by Crippen LogP contribution is 2.35. The molecule has 1 amide bonds. The summed E-state index contributed by atoms with van der Waals surface area (Å²) in [6.07, 6.45) is 8.12. The average Bonchev–Trinajstić information content (AvgIpc) is 3.15. The minimum absolute atomic E-state index is 0.0155. The molecule has 2 atom stereocenters. The van der Waals surface area contributed by atoms with Gasteiger partial charge in [0.1, 0.15) is 5.69 Å². The minimum Gasteiger partial charge on any atom is -0.370 e. The van der Waals surface area contributed by atoms with Crippen LogP contribution in [-0.2, 0) is 0 Å². The van der Waals surface area contributed by atoms with Crippen LogP contribution in [-0.4, -0.2) is 54.1 Å². The topological polar surface area (TPSA) is 48.5 Å². The number of nitrogens with one attached hydrogen (secondary N) is 1. The maximum absolute atomic E-state index is 13.0. The van der Waals surface area contributed by atoms with Gasteiger partial charge in [0.25, 0.3) is 5.91 Å². The van der Waals surface area contributed by atoms with Crippen molar-refractivity contribution >= 4 is 33.0 Å². The maximum Gasteiger partial charge on any atom is 0.270 e. The third-order valence-electron chi connectivity index (χ3n) is 6.85. The molecule has 2 bridgehead atoms. The fourth-order valence-corrected chi connectivity index (χ4v) is 6.11. The average molecular weight is 385 g/mol. The number of pyridine rings is 1. The van der Waals surface area contributed by atoms with Crippen molar-refractivity contribution < 1.29 is 4.79 Å². The quantitative estimate of drug-likeness (QED) is 0.880. The Bertz CT molecular complexity index is 834. The third kappa shape index (κ3) is 3.13. The molecule has 0 saturated carbocycles.